The van der Waals surface area contributed by atoms with Gasteiger partial charge in [0, 0.05) is 6.54 Å². The van der Waals surface area contributed by atoms with E-state index in [1.54, 1.807) is 0 Å². The van der Waals surface area contributed by atoms with E-state index in [0.29, 0.717) is 13.2 Å². The van der Waals surface area contributed by atoms with Gasteiger partial charge < -0.3 is 14.8 Å². The predicted molar refractivity (Wildman–Crippen MR) is 81.1 cm³/mol. The van der Waals surface area contributed by atoms with Crippen molar-refractivity contribution in [1.29, 1.82) is 0 Å². The molecule has 106 valence electrons. The van der Waals surface area contributed by atoms with Gasteiger partial charge in [-0.25, -0.2) is 0 Å². The van der Waals surface area contributed by atoms with Crippen LogP contribution in [0.15, 0.2) is 48.5 Å². The molecule has 0 bridgehead atoms. The minimum atomic E-state index is 0.577. The largest absolute Gasteiger partial charge is 0.494 e. The van der Waals surface area contributed by atoms with Gasteiger partial charge in [-0.15, -0.1) is 0 Å². The standard InChI is InChI=1S/C17H21NO2/c1-3-19-16-8-10-17(11-9-16)20-13-15-6-4-14(5-7-15)12-18-2/h4-11,18H,3,12-13H2,1-2H3. The lowest BCUT2D eigenvalue weighted by Crippen LogP contribution is -2.05. The van der Waals surface area contributed by atoms with Crippen molar-refractivity contribution in [1.82, 2.24) is 5.32 Å². The summed E-state index contributed by atoms with van der Waals surface area (Å²) < 4.78 is 11.2. The minimum Gasteiger partial charge on any atom is -0.494 e. The van der Waals surface area contributed by atoms with Gasteiger partial charge in [0.15, 0.2) is 0 Å². The molecule has 0 aliphatic heterocycles. The van der Waals surface area contributed by atoms with Crippen molar-refractivity contribution < 1.29 is 9.47 Å². The van der Waals surface area contributed by atoms with E-state index >= 15 is 0 Å². The van der Waals surface area contributed by atoms with Crippen molar-refractivity contribution in [3.8, 4) is 11.5 Å². The van der Waals surface area contributed by atoms with Gasteiger partial charge in [-0.05, 0) is 49.4 Å². The maximum absolute atomic E-state index is 5.75. The van der Waals surface area contributed by atoms with Crippen LogP contribution < -0.4 is 14.8 Å². The molecule has 3 nitrogen and oxygen atoms in total. The third-order valence-electron chi connectivity index (χ3n) is 2.94. The topological polar surface area (TPSA) is 30.5 Å². The highest BCUT2D eigenvalue weighted by molar-refractivity contribution is 5.31. The lowest BCUT2D eigenvalue weighted by Gasteiger charge is -2.08. The van der Waals surface area contributed by atoms with E-state index in [1.165, 1.54) is 11.1 Å². The number of ether oxygens (including phenoxy) is 2. The zero-order valence-electron chi connectivity index (χ0n) is 12.1. The molecule has 2 rings (SSSR count). The van der Waals surface area contributed by atoms with E-state index < -0.39 is 0 Å². The average Bonchev–Trinajstić information content (AvgIpc) is 2.49. The van der Waals surface area contributed by atoms with E-state index in [9.17, 15) is 0 Å². The highest BCUT2D eigenvalue weighted by Gasteiger charge is 1.98. The van der Waals surface area contributed by atoms with Gasteiger partial charge in [-0.2, -0.15) is 0 Å². The Kier molecular flexibility index (Phi) is 5.44. The first-order valence-electron chi connectivity index (χ1n) is 6.90. The second kappa shape index (κ2) is 7.56. The molecule has 1 N–H and O–H groups in total. The molecule has 0 amide bonds. The first-order chi connectivity index (χ1) is 9.81. The van der Waals surface area contributed by atoms with Crippen molar-refractivity contribution in [3.05, 3.63) is 59.7 Å². The molecule has 0 aromatic heterocycles. The van der Waals surface area contributed by atoms with Crippen LogP contribution in [0.5, 0.6) is 11.5 Å². The number of hydrogen-bond acceptors (Lipinski definition) is 3. The van der Waals surface area contributed by atoms with Crippen LogP contribution in [-0.4, -0.2) is 13.7 Å². The van der Waals surface area contributed by atoms with E-state index in [4.69, 9.17) is 9.47 Å². The molecule has 2 aromatic rings. The van der Waals surface area contributed by atoms with Crippen molar-refractivity contribution >= 4 is 0 Å². The summed E-state index contributed by atoms with van der Waals surface area (Å²) in [5, 5.41) is 3.13. The highest BCUT2D eigenvalue weighted by atomic mass is 16.5. The maximum Gasteiger partial charge on any atom is 0.120 e. The third-order valence-corrected chi connectivity index (χ3v) is 2.94. The molecule has 20 heavy (non-hydrogen) atoms. The van der Waals surface area contributed by atoms with Crippen LogP contribution in [0.2, 0.25) is 0 Å². The van der Waals surface area contributed by atoms with E-state index in [-0.39, 0.29) is 0 Å². The first kappa shape index (κ1) is 14.4. The summed E-state index contributed by atoms with van der Waals surface area (Å²) in [7, 11) is 1.95. The predicted octanol–water partition coefficient (Wildman–Crippen LogP) is 3.38. The van der Waals surface area contributed by atoms with Gasteiger partial charge in [0.05, 0.1) is 6.61 Å². The SMILES string of the molecule is CCOc1ccc(OCc2ccc(CNC)cc2)cc1. The van der Waals surface area contributed by atoms with Gasteiger partial charge in [0.1, 0.15) is 18.1 Å². The smallest absolute Gasteiger partial charge is 0.120 e. The molecule has 0 atom stereocenters. The summed E-state index contributed by atoms with van der Waals surface area (Å²) in [5.41, 5.74) is 2.44. The Labute approximate surface area is 120 Å². The molecule has 0 saturated carbocycles. The Balaban J connectivity index is 1.87. The molecule has 0 aliphatic carbocycles. The van der Waals surface area contributed by atoms with Crippen LogP contribution in [0.3, 0.4) is 0 Å². The summed E-state index contributed by atoms with van der Waals surface area (Å²) in [4.78, 5) is 0. The minimum absolute atomic E-state index is 0.577. The number of nitrogens with one attached hydrogen (secondary N) is 1. The Morgan fingerprint density at radius 1 is 0.800 bits per heavy atom. The Morgan fingerprint density at radius 3 is 1.90 bits per heavy atom. The molecule has 0 unspecified atom stereocenters. The summed E-state index contributed by atoms with van der Waals surface area (Å²) >= 11 is 0. The van der Waals surface area contributed by atoms with Crippen LogP contribution in [0.25, 0.3) is 0 Å². The first-order valence-corrected chi connectivity index (χ1v) is 6.90. The summed E-state index contributed by atoms with van der Waals surface area (Å²) in [5.74, 6) is 1.73. The van der Waals surface area contributed by atoms with Crippen LogP contribution in [-0.2, 0) is 13.2 Å². The van der Waals surface area contributed by atoms with Gasteiger partial charge >= 0.3 is 0 Å². The summed E-state index contributed by atoms with van der Waals surface area (Å²) in [6.45, 7) is 4.12. The molecule has 0 spiro atoms. The highest BCUT2D eigenvalue weighted by Crippen LogP contribution is 2.18. The van der Waals surface area contributed by atoms with Crippen LogP contribution in [0, 0.1) is 0 Å². The summed E-state index contributed by atoms with van der Waals surface area (Å²) in [6, 6.07) is 16.1. The molecule has 0 radical (unpaired) electrons. The molecule has 3 heteroatoms. The van der Waals surface area contributed by atoms with E-state index in [0.717, 1.165) is 18.0 Å². The monoisotopic (exact) mass is 271 g/mol. The Bertz CT molecular complexity index is 456. The van der Waals surface area contributed by atoms with Crippen molar-refractivity contribution in [2.45, 2.75) is 20.1 Å². The van der Waals surface area contributed by atoms with Gasteiger partial charge in [-0.1, -0.05) is 24.3 Å². The lowest BCUT2D eigenvalue weighted by molar-refractivity contribution is 0.304. The molecular formula is C17H21NO2. The Hall–Kier alpha value is -2.00. The van der Waals surface area contributed by atoms with Gasteiger partial charge in [-0.3, -0.25) is 0 Å². The quantitative estimate of drug-likeness (QED) is 0.837. The average molecular weight is 271 g/mol. The fourth-order valence-electron chi connectivity index (χ4n) is 1.92. The zero-order valence-corrected chi connectivity index (χ0v) is 12.1. The fourth-order valence-corrected chi connectivity index (χ4v) is 1.92. The molecule has 0 saturated heterocycles. The Morgan fingerprint density at radius 2 is 1.35 bits per heavy atom. The number of benzene rings is 2. The van der Waals surface area contributed by atoms with Crippen LogP contribution in [0.4, 0.5) is 0 Å². The van der Waals surface area contributed by atoms with Crippen molar-refractivity contribution in [3.63, 3.8) is 0 Å². The van der Waals surface area contributed by atoms with Gasteiger partial charge in [0.25, 0.3) is 0 Å². The van der Waals surface area contributed by atoms with Crippen LogP contribution in [0.1, 0.15) is 18.1 Å². The molecule has 0 heterocycles. The maximum atomic E-state index is 5.75. The third kappa shape index (κ3) is 4.28. The molecular weight excluding hydrogens is 250 g/mol. The van der Waals surface area contributed by atoms with Gasteiger partial charge in [0.2, 0.25) is 0 Å². The second-order valence-corrected chi connectivity index (χ2v) is 4.54. The van der Waals surface area contributed by atoms with E-state index in [2.05, 4.69) is 29.6 Å². The van der Waals surface area contributed by atoms with Crippen molar-refractivity contribution in [2.75, 3.05) is 13.7 Å². The second-order valence-electron chi connectivity index (χ2n) is 4.54. The summed E-state index contributed by atoms with van der Waals surface area (Å²) in [6.07, 6.45) is 0. The number of rotatable bonds is 7. The van der Waals surface area contributed by atoms with Crippen LogP contribution >= 0.6 is 0 Å². The van der Waals surface area contributed by atoms with E-state index in [1.807, 2.05) is 38.2 Å². The molecule has 2 aromatic carbocycles. The normalized spacial score (nSPS) is 10.3. The number of hydrogen-bond donors (Lipinski definition) is 1. The molecule has 0 aliphatic rings. The fraction of sp³-hybridized carbons (Fsp3) is 0.294. The molecule has 0 fully saturated rings. The lowest BCUT2D eigenvalue weighted by atomic mass is 10.1. The zero-order chi connectivity index (χ0) is 14.2. The van der Waals surface area contributed by atoms with Crippen molar-refractivity contribution in [2.24, 2.45) is 0 Å².